The second kappa shape index (κ2) is 5.65. The van der Waals surface area contributed by atoms with Gasteiger partial charge in [-0.2, -0.15) is 5.10 Å². The Morgan fingerprint density at radius 1 is 1.18 bits per heavy atom. The van der Waals surface area contributed by atoms with Crippen molar-refractivity contribution in [1.82, 2.24) is 10.2 Å². The zero-order valence-electron chi connectivity index (χ0n) is 11.4. The van der Waals surface area contributed by atoms with E-state index in [0.29, 0.717) is 10.9 Å². The van der Waals surface area contributed by atoms with Gasteiger partial charge in [-0.3, -0.25) is 15.2 Å². The van der Waals surface area contributed by atoms with Gasteiger partial charge in [0.05, 0.1) is 10.4 Å². The average Bonchev–Trinajstić information content (AvgIpc) is 2.97. The lowest BCUT2D eigenvalue weighted by atomic mass is 10.2. The van der Waals surface area contributed by atoms with E-state index in [0.717, 1.165) is 5.52 Å². The van der Waals surface area contributed by atoms with Gasteiger partial charge < -0.3 is 4.74 Å². The van der Waals surface area contributed by atoms with Gasteiger partial charge in [-0.05, 0) is 23.8 Å². The van der Waals surface area contributed by atoms with Crippen molar-refractivity contribution in [2.75, 3.05) is 0 Å². The number of benzene rings is 2. The zero-order valence-corrected chi connectivity index (χ0v) is 11.4. The lowest BCUT2D eigenvalue weighted by Crippen LogP contribution is -2.06. The highest BCUT2D eigenvalue weighted by molar-refractivity contribution is 6.01. The van der Waals surface area contributed by atoms with Gasteiger partial charge in [0.2, 0.25) is 0 Å². The van der Waals surface area contributed by atoms with E-state index in [-0.39, 0.29) is 18.0 Å². The standard InChI is InChI=1S/C15H11N3O4/c19-15(14-12-3-1-2-4-13(12)16-17-14)22-9-10-5-7-11(8-6-10)18(20)21/h1-8H,9H2,(H,16,17). The third-order valence-corrected chi connectivity index (χ3v) is 3.18. The van der Waals surface area contributed by atoms with E-state index in [4.69, 9.17) is 4.74 Å². The lowest BCUT2D eigenvalue weighted by molar-refractivity contribution is -0.384. The second-order valence-electron chi connectivity index (χ2n) is 4.62. The van der Waals surface area contributed by atoms with E-state index in [2.05, 4.69) is 10.2 Å². The average molecular weight is 297 g/mol. The van der Waals surface area contributed by atoms with Crippen LogP contribution in [0.1, 0.15) is 16.1 Å². The summed E-state index contributed by atoms with van der Waals surface area (Å²) < 4.78 is 5.19. The van der Waals surface area contributed by atoms with E-state index < -0.39 is 10.9 Å². The summed E-state index contributed by atoms with van der Waals surface area (Å²) in [4.78, 5) is 22.1. The van der Waals surface area contributed by atoms with Crippen LogP contribution in [0.5, 0.6) is 0 Å². The van der Waals surface area contributed by atoms with E-state index >= 15 is 0 Å². The number of ether oxygens (including phenoxy) is 1. The van der Waals surface area contributed by atoms with Crippen molar-refractivity contribution in [2.24, 2.45) is 0 Å². The number of aromatic nitrogens is 2. The van der Waals surface area contributed by atoms with E-state index in [1.54, 1.807) is 18.2 Å². The molecule has 0 amide bonds. The van der Waals surface area contributed by atoms with Crippen LogP contribution in [0.3, 0.4) is 0 Å². The first-order valence-corrected chi connectivity index (χ1v) is 6.49. The molecule has 1 N–H and O–H groups in total. The number of H-pyrrole nitrogens is 1. The molecule has 2 aromatic carbocycles. The SMILES string of the molecule is O=C(OCc1ccc([N+](=O)[O-])cc1)c1n[nH]c2ccccc12. The monoisotopic (exact) mass is 297 g/mol. The summed E-state index contributed by atoms with van der Waals surface area (Å²) in [5, 5.41) is 18.0. The highest BCUT2D eigenvalue weighted by atomic mass is 16.6. The fraction of sp³-hybridized carbons (Fsp3) is 0.0667. The largest absolute Gasteiger partial charge is 0.456 e. The quantitative estimate of drug-likeness (QED) is 0.453. The van der Waals surface area contributed by atoms with Crippen molar-refractivity contribution in [3.63, 3.8) is 0 Å². The molecule has 0 aliphatic heterocycles. The molecule has 0 bridgehead atoms. The molecule has 0 fully saturated rings. The van der Waals surface area contributed by atoms with Gasteiger partial charge in [0.15, 0.2) is 5.69 Å². The molecule has 0 unspecified atom stereocenters. The van der Waals surface area contributed by atoms with Crippen molar-refractivity contribution in [3.8, 4) is 0 Å². The summed E-state index contributed by atoms with van der Waals surface area (Å²) in [6, 6.07) is 13.1. The number of nitro groups is 1. The summed E-state index contributed by atoms with van der Waals surface area (Å²) in [7, 11) is 0. The van der Waals surface area contributed by atoms with Gasteiger partial charge in [0, 0.05) is 17.5 Å². The third-order valence-electron chi connectivity index (χ3n) is 3.18. The van der Waals surface area contributed by atoms with E-state index in [1.807, 2.05) is 18.2 Å². The molecule has 0 aliphatic carbocycles. The topological polar surface area (TPSA) is 98.1 Å². The fourth-order valence-corrected chi connectivity index (χ4v) is 2.05. The summed E-state index contributed by atoms with van der Waals surface area (Å²) >= 11 is 0. The Bertz CT molecular complexity index is 839. The fourth-order valence-electron chi connectivity index (χ4n) is 2.05. The van der Waals surface area contributed by atoms with Crippen molar-refractivity contribution in [3.05, 3.63) is 69.9 Å². The summed E-state index contributed by atoms with van der Waals surface area (Å²) in [5.41, 5.74) is 1.63. The minimum Gasteiger partial charge on any atom is -0.456 e. The van der Waals surface area contributed by atoms with Crippen LogP contribution in [-0.2, 0) is 11.3 Å². The maximum atomic E-state index is 12.1. The number of hydrogen-bond acceptors (Lipinski definition) is 5. The molecule has 1 aromatic heterocycles. The van der Waals surface area contributed by atoms with Gasteiger partial charge in [-0.25, -0.2) is 4.79 Å². The number of nitrogens with one attached hydrogen (secondary N) is 1. The zero-order chi connectivity index (χ0) is 15.5. The molecule has 0 saturated carbocycles. The van der Waals surface area contributed by atoms with Crippen LogP contribution in [0.4, 0.5) is 5.69 Å². The molecule has 7 nitrogen and oxygen atoms in total. The molecule has 3 rings (SSSR count). The molecule has 1 heterocycles. The predicted octanol–water partition coefficient (Wildman–Crippen LogP) is 2.83. The number of esters is 1. The number of aromatic amines is 1. The Balaban J connectivity index is 1.71. The van der Waals surface area contributed by atoms with Crippen molar-refractivity contribution < 1.29 is 14.5 Å². The first-order chi connectivity index (χ1) is 10.6. The summed E-state index contributed by atoms with van der Waals surface area (Å²) in [6.45, 7) is 0.0258. The van der Waals surface area contributed by atoms with Gasteiger partial charge in [-0.1, -0.05) is 18.2 Å². The van der Waals surface area contributed by atoms with Crippen LogP contribution in [-0.4, -0.2) is 21.1 Å². The molecule has 3 aromatic rings. The number of para-hydroxylation sites is 1. The van der Waals surface area contributed by atoms with Crippen LogP contribution < -0.4 is 0 Å². The predicted molar refractivity (Wildman–Crippen MR) is 78.3 cm³/mol. The third kappa shape index (κ3) is 2.64. The van der Waals surface area contributed by atoms with E-state index in [9.17, 15) is 14.9 Å². The highest BCUT2D eigenvalue weighted by Gasteiger charge is 2.15. The number of nitrogens with zero attached hydrogens (tertiary/aromatic N) is 2. The Morgan fingerprint density at radius 2 is 1.91 bits per heavy atom. The van der Waals surface area contributed by atoms with Crippen LogP contribution in [0.2, 0.25) is 0 Å². The smallest absolute Gasteiger partial charge is 0.359 e. The van der Waals surface area contributed by atoms with Gasteiger partial charge >= 0.3 is 5.97 Å². The second-order valence-corrected chi connectivity index (χ2v) is 4.62. The molecule has 22 heavy (non-hydrogen) atoms. The Labute approximate surface area is 124 Å². The first kappa shape index (κ1) is 13.7. The van der Waals surface area contributed by atoms with Crippen LogP contribution in [0.15, 0.2) is 48.5 Å². The van der Waals surface area contributed by atoms with Crippen molar-refractivity contribution in [2.45, 2.75) is 6.61 Å². The van der Waals surface area contributed by atoms with Gasteiger partial charge in [0.25, 0.3) is 5.69 Å². The number of carbonyl (C=O) groups excluding carboxylic acids is 1. The maximum Gasteiger partial charge on any atom is 0.359 e. The molecule has 110 valence electrons. The molecule has 0 saturated heterocycles. The van der Waals surface area contributed by atoms with Crippen LogP contribution in [0.25, 0.3) is 10.9 Å². The number of hydrogen-bond donors (Lipinski definition) is 1. The molecular formula is C15H11N3O4. The van der Waals surface area contributed by atoms with Gasteiger partial charge in [-0.15, -0.1) is 0 Å². The minimum atomic E-state index is -0.546. The molecule has 0 radical (unpaired) electrons. The number of non-ortho nitro benzene ring substituents is 1. The normalized spacial score (nSPS) is 10.5. The molecule has 0 atom stereocenters. The number of fused-ring (bicyclic) bond motifs is 1. The minimum absolute atomic E-state index is 0.00614. The van der Waals surface area contributed by atoms with Crippen LogP contribution >= 0.6 is 0 Å². The molecule has 7 heteroatoms. The maximum absolute atomic E-state index is 12.1. The molecular weight excluding hydrogens is 286 g/mol. The molecule has 0 aliphatic rings. The van der Waals surface area contributed by atoms with Gasteiger partial charge in [0.1, 0.15) is 6.61 Å². The number of rotatable bonds is 4. The highest BCUT2D eigenvalue weighted by Crippen LogP contribution is 2.17. The van der Waals surface area contributed by atoms with Crippen molar-refractivity contribution in [1.29, 1.82) is 0 Å². The number of nitro benzene ring substituents is 1. The summed E-state index contributed by atoms with van der Waals surface area (Å²) in [5.74, 6) is -0.546. The number of carbonyl (C=O) groups is 1. The first-order valence-electron chi connectivity index (χ1n) is 6.49. The Morgan fingerprint density at radius 3 is 2.64 bits per heavy atom. The van der Waals surface area contributed by atoms with E-state index in [1.165, 1.54) is 12.1 Å². The summed E-state index contributed by atoms with van der Waals surface area (Å²) in [6.07, 6.45) is 0. The Kier molecular flexibility index (Phi) is 3.53. The molecule has 0 spiro atoms. The Hall–Kier alpha value is -3.22. The lowest BCUT2D eigenvalue weighted by Gasteiger charge is -2.03. The van der Waals surface area contributed by atoms with Crippen molar-refractivity contribution >= 4 is 22.6 Å². The van der Waals surface area contributed by atoms with Crippen LogP contribution in [0, 0.1) is 10.1 Å².